The summed E-state index contributed by atoms with van der Waals surface area (Å²) in [5, 5.41) is 8.77. The molecule has 2 rings (SSSR count). The Labute approximate surface area is 145 Å². The third-order valence-electron chi connectivity index (χ3n) is 3.40. The van der Waals surface area contributed by atoms with E-state index in [0.717, 1.165) is 9.75 Å². The molecule has 0 spiro atoms. The number of hydrogen-bond donors (Lipinski definition) is 0. The van der Waals surface area contributed by atoms with Gasteiger partial charge in [0, 0.05) is 22.0 Å². The highest BCUT2D eigenvalue weighted by atomic mass is 32.1. The van der Waals surface area contributed by atoms with E-state index >= 15 is 0 Å². The van der Waals surface area contributed by atoms with Gasteiger partial charge in [0.15, 0.2) is 6.61 Å². The Kier molecular flexibility index (Phi) is 6.10. The molecule has 0 atom stereocenters. The van der Waals surface area contributed by atoms with E-state index in [2.05, 4.69) is 0 Å². The maximum Gasteiger partial charge on any atom is 0.339 e. The van der Waals surface area contributed by atoms with Crippen LogP contribution in [0.25, 0.3) is 0 Å². The SMILES string of the molecule is Cc1cc(C(=O)OCC(=O)N(CCC#N)c2ccccc2)c(C)s1. The maximum absolute atomic E-state index is 12.4. The van der Waals surface area contributed by atoms with Gasteiger partial charge >= 0.3 is 5.97 Å². The van der Waals surface area contributed by atoms with Crippen LogP contribution in [-0.2, 0) is 9.53 Å². The summed E-state index contributed by atoms with van der Waals surface area (Å²) in [4.78, 5) is 27.9. The Balaban J connectivity index is 2.04. The predicted molar refractivity (Wildman–Crippen MR) is 93.1 cm³/mol. The van der Waals surface area contributed by atoms with E-state index in [9.17, 15) is 9.59 Å². The van der Waals surface area contributed by atoms with Crippen LogP contribution in [0.2, 0.25) is 0 Å². The molecule has 1 aromatic carbocycles. The van der Waals surface area contributed by atoms with Gasteiger partial charge in [-0.3, -0.25) is 4.79 Å². The molecule has 0 unspecified atom stereocenters. The fraction of sp³-hybridized carbons (Fsp3) is 0.278. The van der Waals surface area contributed by atoms with Crippen molar-refractivity contribution in [3.63, 3.8) is 0 Å². The molecule has 124 valence electrons. The fourth-order valence-electron chi connectivity index (χ4n) is 2.28. The molecule has 24 heavy (non-hydrogen) atoms. The first-order valence-corrected chi connectivity index (χ1v) is 8.31. The van der Waals surface area contributed by atoms with Gasteiger partial charge in [0.05, 0.1) is 18.1 Å². The summed E-state index contributed by atoms with van der Waals surface area (Å²) >= 11 is 1.51. The first-order valence-electron chi connectivity index (χ1n) is 7.49. The largest absolute Gasteiger partial charge is 0.452 e. The molecule has 0 aliphatic rings. The number of carbonyl (C=O) groups excluding carboxylic acids is 2. The molecule has 0 aliphatic carbocycles. The molecule has 0 saturated carbocycles. The number of para-hydroxylation sites is 1. The average Bonchev–Trinajstić information content (AvgIpc) is 2.92. The Morgan fingerprint density at radius 1 is 1.25 bits per heavy atom. The van der Waals surface area contributed by atoms with Gasteiger partial charge in [0.1, 0.15) is 0 Å². The fourth-order valence-corrected chi connectivity index (χ4v) is 3.20. The van der Waals surface area contributed by atoms with E-state index in [1.165, 1.54) is 16.2 Å². The van der Waals surface area contributed by atoms with Crippen molar-refractivity contribution in [2.45, 2.75) is 20.3 Å². The lowest BCUT2D eigenvalue weighted by Gasteiger charge is -2.21. The number of amides is 1. The van der Waals surface area contributed by atoms with Crippen LogP contribution in [0.15, 0.2) is 36.4 Å². The summed E-state index contributed by atoms with van der Waals surface area (Å²) in [5.41, 5.74) is 1.17. The number of thiophene rings is 1. The van der Waals surface area contributed by atoms with Gasteiger partial charge in [-0.15, -0.1) is 11.3 Å². The van der Waals surface area contributed by atoms with E-state index in [4.69, 9.17) is 10.00 Å². The van der Waals surface area contributed by atoms with Crippen LogP contribution in [-0.4, -0.2) is 25.0 Å². The van der Waals surface area contributed by atoms with Crippen LogP contribution in [0.5, 0.6) is 0 Å². The number of aryl methyl sites for hydroxylation is 2. The monoisotopic (exact) mass is 342 g/mol. The molecule has 0 fully saturated rings. The molecule has 0 aliphatic heterocycles. The van der Waals surface area contributed by atoms with Gasteiger partial charge in [0.2, 0.25) is 0 Å². The number of ether oxygens (including phenoxy) is 1. The van der Waals surface area contributed by atoms with Crippen LogP contribution in [0.3, 0.4) is 0 Å². The lowest BCUT2D eigenvalue weighted by molar-refractivity contribution is -0.121. The van der Waals surface area contributed by atoms with Crippen molar-refractivity contribution in [1.82, 2.24) is 0 Å². The number of esters is 1. The second-order valence-corrected chi connectivity index (χ2v) is 6.65. The zero-order valence-corrected chi connectivity index (χ0v) is 14.4. The standard InChI is InChI=1S/C18H18N2O3S/c1-13-11-16(14(2)24-13)18(22)23-12-17(21)20(10-6-9-19)15-7-4-3-5-8-15/h3-5,7-8,11H,6,10,12H2,1-2H3. The molecular formula is C18H18N2O3S. The van der Waals surface area contributed by atoms with Gasteiger partial charge in [0.25, 0.3) is 5.91 Å². The topological polar surface area (TPSA) is 70.4 Å². The van der Waals surface area contributed by atoms with Crippen molar-refractivity contribution in [2.75, 3.05) is 18.1 Å². The second kappa shape index (κ2) is 8.27. The zero-order chi connectivity index (χ0) is 17.5. The number of hydrogen-bond acceptors (Lipinski definition) is 5. The molecular weight excluding hydrogens is 324 g/mol. The Hall–Kier alpha value is -2.65. The molecule has 0 bridgehead atoms. The Morgan fingerprint density at radius 3 is 2.54 bits per heavy atom. The number of rotatable bonds is 6. The normalized spacial score (nSPS) is 10.0. The highest BCUT2D eigenvalue weighted by Crippen LogP contribution is 2.21. The van der Waals surface area contributed by atoms with Crippen LogP contribution in [0, 0.1) is 25.2 Å². The van der Waals surface area contributed by atoms with Crippen molar-refractivity contribution in [2.24, 2.45) is 0 Å². The van der Waals surface area contributed by atoms with E-state index in [1.54, 1.807) is 18.2 Å². The zero-order valence-electron chi connectivity index (χ0n) is 13.6. The summed E-state index contributed by atoms with van der Waals surface area (Å²) in [5.74, 6) is -0.854. The van der Waals surface area contributed by atoms with Gasteiger partial charge in [-0.25, -0.2) is 4.79 Å². The summed E-state index contributed by atoms with van der Waals surface area (Å²) in [6, 6.07) is 12.8. The molecule has 1 amide bonds. The highest BCUT2D eigenvalue weighted by Gasteiger charge is 2.19. The minimum absolute atomic E-state index is 0.206. The lowest BCUT2D eigenvalue weighted by Crippen LogP contribution is -2.35. The van der Waals surface area contributed by atoms with Crippen molar-refractivity contribution < 1.29 is 14.3 Å². The van der Waals surface area contributed by atoms with Crippen molar-refractivity contribution in [3.05, 3.63) is 51.7 Å². The molecule has 2 aromatic rings. The van der Waals surface area contributed by atoms with E-state index < -0.39 is 5.97 Å². The number of nitriles is 1. The minimum atomic E-state index is -0.501. The third-order valence-corrected chi connectivity index (χ3v) is 4.37. The minimum Gasteiger partial charge on any atom is -0.452 e. The molecule has 1 heterocycles. The number of anilines is 1. The maximum atomic E-state index is 12.4. The number of nitrogens with zero attached hydrogens (tertiary/aromatic N) is 2. The molecule has 0 radical (unpaired) electrons. The number of benzene rings is 1. The first kappa shape index (κ1) is 17.7. The Morgan fingerprint density at radius 2 is 1.96 bits per heavy atom. The van der Waals surface area contributed by atoms with E-state index in [0.29, 0.717) is 11.3 Å². The first-order chi connectivity index (χ1) is 11.5. The molecule has 6 heteroatoms. The number of carbonyl (C=O) groups is 2. The van der Waals surface area contributed by atoms with Crippen LogP contribution in [0.1, 0.15) is 26.5 Å². The Bertz CT molecular complexity index is 762. The van der Waals surface area contributed by atoms with Gasteiger partial charge in [-0.1, -0.05) is 18.2 Å². The molecule has 0 N–H and O–H groups in total. The lowest BCUT2D eigenvalue weighted by atomic mass is 10.2. The van der Waals surface area contributed by atoms with Gasteiger partial charge < -0.3 is 9.64 Å². The van der Waals surface area contributed by atoms with Crippen molar-refractivity contribution >= 4 is 28.9 Å². The predicted octanol–water partition coefficient (Wildman–Crippen LogP) is 3.47. The quantitative estimate of drug-likeness (QED) is 0.754. The van der Waals surface area contributed by atoms with Crippen molar-refractivity contribution in [3.8, 4) is 6.07 Å². The third kappa shape index (κ3) is 4.43. The van der Waals surface area contributed by atoms with Gasteiger partial charge in [-0.2, -0.15) is 5.26 Å². The molecule has 0 saturated heterocycles. The summed E-state index contributed by atoms with van der Waals surface area (Å²) in [6.07, 6.45) is 0.206. The van der Waals surface area contributed by atoms with E-state index in [-0.39, 0.29) is 25.5 Å². The highest BCUT2D eigenvalue weighted by molar-refractivity contribution is 7.12. The van der Waals surface area contributed by atoms with Crippen LogP contribution in [0.4, 0.5) is 5.69 Å². The summed E-state index contributed by atoms with van der Waals surface area (Å²) in [6.45, 7) is 3.67. The average molecular weight is 342 g/mol. The second-order valence-electron chi connectivity index (χ2n) is 5.19. The summed E-state index contributed by atoms with van der Waals surface area (Å²) in [7, 11) is 0. The van der Waals surface area contributed by atoms with Crippen LogP contribution >= 0.6 is 11.3 Å². The molecule has 1 aromatic heterocycles. The van der Waals surface area contributed by atoms with E-state index in [1.807, 2.05) is 38.1 Å². The van der Waals surface area contributed by atoms with Crippen LogP contribution < -0.4 is 4.90 Å². The molecule has 5 nitrogen and oxygen atoms in total. The van der Waals surface area contributed by atoms with Gasteiger partial charge in [-0.05, 0) is 32.0 Å². The van der Waals surface area contributed by atoms with Crippen molar-refractivity contribution in [1.29, 1.82) is 5.26 Å². The smallest absolute Gasteiger partial charge is 0.339 e. The summed E-state index contributed by atoms with van der Waals surface area (Å²) < 4.78 is 5.16.